The molecule has 27 heavy (non-hydrogen) atoms. The second-order valence-electron chi connectivity index (χ2n) is 7.06. The molecule has 2 aromatic rings. The van der Waals surface area contributed by atoms with Gasteiger partial charge in [-0.25, -0.2) is 4.39 Å². The molecule has 144 valence electrons. The number of carbonyl (C=O) groups excluding carboxylic acids is 1. The van der Waals surface area contributed by atoms with E-state index in [0.717, 1.165) is 48.3 Å². The van der Waals surface area contributed by atoms with E-state index >= 15 is 0 Å². The zero-order chi connectivity index (χ0) is 18.0. The minimum Gasteiger partial charge on any atom is -0.322 e. The summed E-state index contributed by atoms with van der Waals surface area (Å²) in [4.78, 5) is 14.2. The summed E-state index contributed by atoms with van der Waals surface area (Å²) in [6.07, 6.45) is 4.38. The van der Waals surface area contributed by atoms with Crippen molar-refractivity contribution in [1.82, 2.24) is 5.32 Å². The fourth-order valence-electron chi connectivity index (χ4n) is 3.90. The Labute approximate surface area is 169 Å². The highest BCUT2D eigenvalue weighted by Crippen LogP contribution is 2.46. The molecule has 0 atom stereocenters. The van der Waals surface area contributed by atoms with Gasteiger partial charge in [0.25, 0.3) is 0 Å². The summed E-state index contributed by atoms with van der Waals surface area (Å²) < 4.78 is 14.4. The molecule has 2 aromatic carbocycles. The molecule has 0 aromatic heterocycles. The van der Waals surface area contributed by atoms with E-state index in [2.05, 4.69) is 10.6 Å². The van der Waals surface area contributed by atoms with Crippen molar-refractivity contribution in [3.8, 4) is 0 Å². The topological polar surface area (TPSA) is 41.1 Å². The van der Waals surface area contributed by atoms with Crippen molar-refractivity contribution in [2.45, 2.75) is 48.3 Å². The molecule has 2 N–H and O–H groups in total. The highest BCUT2D eigenvalue weighted by atomic mass is 35.5. The molecule has 0 radical (unpaired) electrons. The quantitative estimate of drug-likeness (QED) is 0.755. The van der Waals surface area contributed by atoms with Crippen LogP contribution in [-0.4, -0.2) is 17.2 Å². The maximum absolute atomic E-state index is 14.9. The standard InChI is InChI=1S/C21H23FN2OS.ClH/c22-19-17-10-13-23-14-15(17)8-9-18(19)24-20(25)21(11-4-5-12-21)26-16-6-2-1-3-7-16;/h1-3,6-9,23H,4-5,10-14H2,(H,24,25);1H. The predicted molar refractivity (Wildman–Crippen MR) is 111 cm³/mol. The van der Waals surface area contributed by atoms with E-state index in [-0.39, 0.29) is 24.1 Å². The Hall–Kier alpha value is -1.56. The van der Waals surface area contributed by atoms with Crippen LogP contribution in [0.5, 0.6) is 0 Å². The number of carbonyl (C=O) groups is 1. The molecule has 6 heteroatoms. The van der Waals surface area contributed by atoms with E-state index in [1.807, 2.05) is 36.4 Å². The number of amides is 1. The van der Waals surface area contributed by atoms with Gasteiger partial charge >= 0.3 is 0 Å². The maximum atomic E-state index is 14.9. The first kappa shape index (κ1) is 20.2. The zero-order valence-electron chi connectivity index (χ0n) is 15.1. The Balaban J connectivity index is 0.00000210. The average molecular weight is 407 g/mol. The van der Waals surface area contributed by atoms with Gasteiger partial charge in [-0.1, -0.05) is 37.1 Å². The summed E-state index contributed by atoms with van der Waals surface area (Å²) in [5, 5.41) is 6.16. The number of fused-ring (bicyclic) bond motifs is 1. The maximum Gasteiger partial charge on any atom is 0.241 e. The van der Waals surface area contributed by atoms with Crippen LogP contribution in [0.3, 0.4) is 0 Å². The Kier molecular flexibility index (Phi) is 6.45. The van der Waals surface area contributed by atoms with Gasteiger partial charge in [0, 0.05) is 11.4 Å². The molecule has 1 aliphatic heterocycles. The summed E-state index contributed by atoms with van der Waals surface area (Å²) in [6, 6.07) is 13.6. The van der Waals surface area contributed by atoms with Crippen LogP contribution in [0.25, 0.3) is 0 Å². The summed E-state index contributed by atoms with van der Waals surface area (Å²) in [5.74, 6) is -0.341. The fraction of sp³-hybridized carbons (Fsp3) is 0.381. The number of nitrogens with one attached hydrogen (secondary N) is 2. The first-order chi connectivity index (χ1) is 12.7. The first-order valence-corrected chi connectivity index (χ1v) is 10.1. The van der Waals surface area contributed by atoms with Crippen LogP contribution in [0.15, 0.2) is 47.4 Å². The third-order valence-electron chi connectivity index (χ3n) is 5.34. The second kappa shape index (κ2) is 8.63. The molecule has 1 saturated carbocycles. The van der Waals surface area contributed by atoms with Crippen LogP contribution >= 0.6 is 24.2 Å². The Morgan fingerprint density at radius 1 is 1.11 bits per heavy atom. The molecule has 1 heterocycles. The summed E-state index contributed by atoms with van der Waals surface area (Å²) in [6.45, 7) is 1.46. The van der Waals surface area contributed by atoms with Gasteiger partial charge in [0.05, 0.1) is 10.4 Å². The van der Waals surface area contributed by atoms with E-state index in [9.17, 15) is 9.18 Å². The Morgan fingerprint density at radius 2 is 1.85 bits per heavy atom. The average Bonchev–Trinajstić information content (AvgIpc) is 3.15. The number of hydrogen-bond donors (Lipinski definition) is 2. The minimum absolute atomic E-state index is 0. The van der Waals surface area contributed by atoms with Crippen LogP contribution in [0.2, 0.25) is 0 Å². The van der Waals surface area contributed by atoms with Crippen LogP contribution in [0.4, 0.5) is 10.1 Å². The Morgan fingerprint density at radius 3 is 2.59 bits per heavy atom. The number of rotatable bonds is 4. The fourth-order valence-corrected chi connectivity index (χ4v) is 5.28. The number of halogens is 2. The minimum atomic E-state index is -0.509. The van der Waals surface area contributed by atoms with Gasteiger partial charge in [-0.05, 0) is 55.1 Å². The van der Waals surface area contributed by atoms with Crippen LogP contribution in [0.1, 0.15) is 36.8 Å². The molecule has 1 amide bonds. The van der Waals surface area contributed by atoms with E-state index in [1.54, 1.807) is 17.8 Å². The summed E-state index contributed by atoms with van der Waals surface area (Å²) in [5.41, 5.74) is 2.04. The molecule has 0 bridgehead atoms. The monoisotopic (exact) mass is 406 g/mol. The summed E-state index contributed by atoms with van der Waals surface area (Å²) >= 11 is 1.62. The number of anilines is 1. The third-order valence-corrected chi connectivity index (χ3v) is 6.83. The van der Waals surface area contributed by atoms with Crippen molar-refractivity contribution >= 4 is 35.8 Å². The van der Waals surface area contributed by atoms with Crippen molar-refractivity contribution in [3.63, 3.8) is 0 Å². The SMILES string of the molecule is Cl.O=C(Nc1ccc2c(c1F)CCNC2)C1(Sc2ccccc2)CCCC1. The van der Waals surface area contributed by atoms with E-state index < -0.39 is 4.75 Å². The van der Waals surface area contributed by atoms with Gasteiger partial charge in [0.1, 0.15) is 5.82 Å². The normalized spacial score (nSPS) is 17.7. The van der Waals surface area contributed by atoms with E-state index in [1.165, 1.54) is 0 Å². The summed E-state index contributed by atoms with van der Waals surface area (Å²) in [7, 11) is 0. The van der Waals surface area contributed by atoms with Gasteiger partial charge < -0.3 is 10.6 Å². The highest BCUT2D eigenvalue weighted by Gasteiger charge is 2.42. The molecule has 0 unspecified atom stereocenters. The van der Waals surface area contributed by atoms with Crippen molar-refractivity contribution in [1.29, 1.82) is 0 Å². The lowest BCUT2D eigenvalue weighted by molar-refractivity contribution is -0.118. The molecule has 2 aliphatic rings. The molecule has 1 aliphatic carbocycles. The zero-order valence-corrected chi connectivity index (χ0v) is 16.7. The molecular formula is C21H24ClFN2OS. The first-order valence-electron chi connectivity index (χ1n) is 9.24. The molecule has 0 spiro atoms. The van der Waals surface area contributed by atoms with Crippen molar-refractivity contribution < 1.29 is 9.18 Å². The van der Waals surface area contributed by atoms with Crippen molar-refractivity contribution in [3.05, 3.63) is 59.4 Å². The smallest absolute Gasteiger partial charge is 0.241 e. The molecule has 3 nitrogen and oxygen atoms in total. The lowest BCUT2D eigenvalue weighted by Crippen LogP contribution is -2.37. The highest BCUT2D eigenvalue weighted by molar-refractivity contribution is 8.01. The van der Waals surface area contributed by atoms with Gasteiger partial charge in [-0.15, -0.1) is 24.2 Å². The third kappa shape index (κ3) is 4.15. The van der Waals surface area contributed by atoms with Gasteiger partial charge in [0.2, 0.25) is 5.91 Å². The van der Waals surface area contributed by atoms with E-state index in [0.29, 0.717) is 18.7 Å². The van der Waals surface area contributed by atoms with Gasteiger partial charge in [-0.3, -0.25) is 4.79 Å². The Bertz CT molecular complexity index is 809. The molecular weight excluding hydrogens is 383 g/mol. The molecule has 4 rings (SSSR count). The lowest BCUT2D eigenvalue weighted by Gasteiger charge is -2.28. The molecule has 1 fully saturated rings. The number of hydrogen-bond acceptors (Lipinski definition) is 3. The lowest BCUT2D eigenvalue weighted by atomic mass is 9.99. The number of benzene rings is 2. The van der Waals surface area contributed by atoms with Crippen molar-refractivity contribution in [2.75, 3.05) is 11.9 Å². The van der Waals surface area contributed by atoms with Crippen LogP contribution < -0.4 is 10.6 Å². The second-order valence-corrected chi connectivity index (χ2v) is 8.52. The predicted octanol–water partition coefficient (Wildman–Crippen LogP) is 4.94. The van der Waals surface area contributed by atoms with Crippen LogP contribution in [0, 0.1) is 5.82 Å². The van der Waals surface area contributed by atoms with E-state index in [4.69, 9.17) is 0 Å². The van der Waals surface area contributed by atoms with Crippen molar-refractivity contribution in [2.24, 2.45) is 0 Å². The molecule has 0 saturated heterocycles. The van der Waals surface area contributed by atoms with Gasteiger partial charge in [-0.2, -0.15) is 0 Å². The number of thioether (sulfide) groups is 1. The van der Waals surface area contributed by atoms with Crippen LogP contribution in [-0.2, 0) is 17.8 Å². The largest absolute Gasteiger partial charge is 0.322 e. The van der Waals surface area contributed by atoms with Gasteiger partial charge in [0.15, 0.2) is 0 Å².